The van der Waals surface area contributed by atoms with E-state index in [1.165, 1.54) is 59.1 Å². The van der Waals surface area contributed by atoms with Gasteiger partial charge in [-0.3, -0.25) is 14.8 Å². The van der Waals surface area contributed by atoms with E-state index < -0.39 is 15.9 Å². The molecule has 8 nitrogen and oxygen atoms in total. The Morgan fingerprint density at radius 3 is 2.59 bits per heavy atom. The molecule has 34 heavy (non-hydrogen) atoms. The van der Waals surface area contributed by atoms with E-state index in [1.807, 2.05) is 23.6 Å². The Hall–Kier alpha value is -3.56. The Morgan fingerprint density at radius 2 is 1.88 bits per heavy atom. The van der Waals surface area contributed by atoms with Crippen LogP contribution in [0.2, 0.25) is 5.02 Å². The first-order valence-electron chi connectivity index (χ1n) is 9.53. The summed E-state index contributed by atoms with van der Waals surface area (Å²) < 4.78 is 27.7. The summed E-state index contributed by atoms with van der Waals surface area (Å²) >= 11 is 8.52. The van der Waals surface area contributed by atoms with Crippen molar-refractivity contribution >= 4 is 67.1 Å². The molecule has 2 N–H and O–H groups in total. The quantitative estimate of drug-likeness (QED) is 0.249. The van der Waals surface area contributed by atoms with Gasteiger partial charge < -0.3 is 0 Å². The Balaban J connectivity index is 1.50. The minimum atomic E-state index is -3.84. The van der Waals surface area contributed by atoms with Crippen LogP contribution in [-0.2, 0) is 14.8 Å². The lowest BCUT2D eigenvalue weighted by Crippen LogP contribution is -2.13. The minimum Gasteiger partial charge on any atom is -0.296 e. The molecule has 0 bridgehead atoms. The number of benzene rings is 2. The van der Waals surface area contributed by atoms with Crippen LogP contribution in [0.4, 0.5) is 10.8 Å². The second kappa shape index (κ2) is 10.1. The molecule has 170 valence electrons. The number of carbonyl (C=O) groups is 1. The third-order valence-corrected chi connectivity index (χ3v) is 7.84. The van der Waals surface area contributed by atoms with E-state index in [0.717, 1.165) is 4.88 Å². The maximum absolute atomic E-state index is 12.6. The van der Waals surface area contributed by atoms with Crippen molar-refractivity contribution < 1.29 is 13.2 Å². The summed E-state index contributed by atoms with van der Waals surface area (Å²) in [6.45, 7) is 0. The summed E-state index contributed by atoms with van der Waals surface area (Å²) in [6, 6.07) is 17.7. The first kappa shape index (κ1) is 23.6. The molecular weight excluding hydrogens is 514 g/mol. The number of nitriles is 1. The first-order valence-corrected chi connectivity index (χ1v) is 13.1. The van der Waals surface area contributed by atoms with Crippen molar-refractivity contribution in [3.8, 4) is 16.0 Å². The predicted octanol–water partition coefficient (Wildman–Crippen LogP) is 5.27. The maximum atomic E-state index is 12.6. The van der Waals surface area contributed by atoms with Gasteiger partial charge in [0.25, 0.3) is 15.9 Å². The van der Waals surface area contributed by atoms with Crippen LogP contribution in [-0.4, -0.2) is 24.5 Å². The first-order chi connectivity index (χ1) is 16.3. The van der Waals surface area contributed by atoms with Gasteiger partial charge in [0.15, 0.2) is 5.01 Å². The number of nitrogens with zero attached hydrogens (tertiary/aromatic N) is 3. The number of aromatic nitrogens is 2. The molecule has 12 heteroatoms. The molecule has 4 rings (SSSR count). The molecule has 0 unspecified atom stereocenters. The smallest absolute Gasteiger partial charge is 0.268 e. The Kier molecular flexibility index (Phi) is 7.04. The van der Waals surface area contributed by atoms with Crippen LogP contribution in [0.15, 0.2) is 76.5 Å². The van der Waals surface area contributed by atoms with E-state index in [9.17, 15) is 18.5 Å². The fourth-order valence-corrected chi connectivity index (χ4v) is 5.48. The van der Waals surface area contributed by atoms with E-state index in [2.05, 4.69) is 20.2 Å². The molecule has 0 saturated carbocycles. The lowest BCUT2D eigenvalue weighted by Gasteiger charge is -2.09. The minimum absolute atomic E-state index is 0.0499. The molecule has 0 fully saturated rings. The van der Waals surface area contributed by atoms with Gasteiger partial charge in [-0.25, -0.2) is 8.42 Å². The lowest BCUT2D eigenvalue weighted by molar-refractivity contribution is -0.112. The maximum Gasteiger partial charge on any atom is 0.268 e. The van der Waals surface area contributed by atoms with Crippen molar-refractivity contribution in [2.24, 2.45) is 0 Å². The summed E-state index contributed by atoms with van der Waals surface area (Å²) in [6.07, 6.45) is 1.36. The monoisotopic (exact) mass is 527 g/mol. The fourth-order valence-electron chi connectivity index (χ4n) is 2.77. The third-order valence-electron chi connectivity index (χ3n) is 4.32. The predicted molar refractivity (Wildman–Crippen MR) is 134 cm³/mol. The molecule has 4 aromatic rings. The van der Waals surface area contributed by atoms with Gasteiger partial charge in [0, 0.05) is 10.7 Å². The number of hydrogen-bond acceptors (Lipinski definition) is 8. The van der Waals surface area contributed by atoms with Gasteiger partial charge in [0.05, 0.1) is 9.77 Å². The van der Waals surface area contributed by atoms with E-state index in [-0.39, 0.29) is 21.3 Å². The van der Waals surface area contributed by atoms with Crippen molar-refractivity contribution in [1.29, 1.82) is 5.26 Å². The van der Waals surface area contributed by atoms with Crippen molar-refractivity contribution in [2.75, 3.05) is 10.0 Å². The molecule has 2 aromatic heterocycles. The van der Waals surface area contributed by atoms with Crippen molar-refractivity contribution in [3.05, 3.63) is 82.2 Å². The second-order valence-corrected chi connectivity index (χ2v) is 10.7. The average Bonchev–Trinajstić information content (AvgIpc) is 3.50. The zero-order chi connectivity index (χ0) is 24.1. The molecule has 0 spiro atoms. The molecule has 1 amide bonds. The van der Waals surface area contributed by atoms with Crippen LogP contribution in [0.25, 0.3) is 16.0 Å². The number of anilines is 2. The average molecular weight is 528 g/mol. The molecule has 0 aliphatic heterocycles. The largest absolute Gasteiger partial charge is 0.296 e. The van der Waals surface area contributed by atoms with Crippen molar-refractivity contribution in [1.82, 2.24) is 10.2 Å². The van der Waals surface area contributed by atoms with E-state index in [1.54, 1.807) is 18.2 Å². The molecule has 0 aliphatic carbocycles. The topological polar surface area (TPSA) is 125 Å². The molecule has 0 radical (unpaired) electrons. The number of halogens is 1. The van der Waals surface area contributed by atoms with Crippen LogP contribution in [0.1, 0.15) is 5.56 Å². The highest BCUT2D eigenvalue weighted by Crippen LogP contribution is 2.30. The summed E-state index contributed by atoms with van der Waals surface area (Å²) in [7, 11) is -3.84. The van der Waals surface area contributed by atoms with Gasteiger partial charge in [0.2, 0.25) is 5.13 Å². The summed E-state index contributed by atoms with van der Waals surface area (Å²) in [4.78, 5) is 13.6. The number of sulfonamides is 1. The summed E-state index contributed by atoms with van der Waals surface area (Å²) in [5.41, 5.74) is 0.552. The number of nitrogens with one attached hydrogen (secondary N) is 2. The van der Waals surface area contributed by atoms with E-state index in [0.29, 0.717) is 15.6 Å². The Morgan fingerprint density at radius 1 is 1.09 bits per heavy atom. The fraction of sp³-hybridized carbons (Fsp3) is 0. The second-order valence-electron chi connectivity index (χ2n) is 6.70. The zero-order valence-corrected chi connectivity index (χ0v) is 20.3. The van der Waals surface area contributed by atoms with Crippen LogP contribution in [0.5, 0.6) is 0 Å². The van der Waals surface area contributed by atoms with Gasteiger partial charge in [0.1, 0.15) is 11.6 Å². The Labute approximate surface area is 208 Å². The molecule has 0 saturated heterocycles. The number of rotatable bonds is 7. The Bertz CT molecular complexity index is 1510. The standard InChI is InChI=1S/C22H14ClN5O3S3/c23-16-6-8-18(9-7-16)34(30,31)28-17-4-1-3-14(12-17)11-15(13-24)20(29)25-22-27-26-21(33-22)19-5-2-10-32-19/h1-12,28H,(H,25,27,29)/b15-11+. The highest BCUT2D eigenvalue weighted by Gasteiger charge is 2.16. The van der Waals surface area contributed by atoms with E-state index in [4.69, 9.17) is 11.6 Å². The van der Waals surface area contributed by atoms with Crippen LogP contribution in [0.3, 0.4) is 0 Å². The third kappa shape index (κ3) is 5.67. The molecule has 0 aliphatic rings. The van der Waals surface area contributed by atoms with Gasteiger partial charge in [-0.2, -0.15) is 5.26 Å². The highest BCUT2D eigenvalue weighted by atomic mass is 35.5. The number of carbonyl (C=O) groups excluding carboxylic acids is 1. The van der Waals surface area contributed by atoms with Crippen molar-refractivity contribution in [3.63, 3.8) is 0 Å². The highest BCUT2D eigenvalue weighted by molar-refractivity contribution is 7.92. The lowest BCUT2D eigenvalue weighted by atomic mass is 10.1. The molecule has 0 atom stereocenters. The number of hydrogen-bond donors (Lipinski definition) is 2. The van der Waals surface area contributed by atoms with E-state index >= 15 is 0 Å². The molecule has 2 aromatic carbocycles. The number of amides is 1. The van der Waals surface area contributed by atoms with Gasteiger partial charge >= 0.3 is 0 Å². The number of thiophene rings is 1. The SMILES string of the molecule is N#C/C(=C\c1cccc(NS(=O)(=O)c2ccc(Cl)cc2)c1)C(=O)Nc1nnc(-c2cccs2)s1. The van der Waals surface area contributed by atoms with Gasteiger partial charge in [-0.05, 0) is 59.5 Å². The zero-order valence-electron chi connectivity index (χ0n) is 17.1. The van der Waals surface area contributed by atoms with Crippen LogP contribution in [0, 0.1) is 11.3 Å². The molecule has 2 heterocycles. The normalized spacial score (nSPS) is 11.6. The summed E-state index contributed by atoms with van der Waals surface area (Å²) in [5, 5.41) is 23.3. The van der Waals surface area contributed by atoms with Crippen molar-refractivity contribution in [2.45, 2.75) is 4.90 Å². The van der Waals surface area contributed by atoms with Crippen LogP contribution < -0.4 is 10.0 Å². The molecular formula is C22H14ClN5O3S3. The summed E-state index contributed by atoms with van der Waals surface area (Å²) in [5.74, 6) is -0.650. The van der Waals surface area contributed by atoms with Gasteiger partial charge in [-0.1, -0.05) is 41.1 Å². The van der Waals surface area contributed by atoms with Gasteiger partial charge in [-0.15, -0.1) is 21.5 Å². The van der Waals surface area contributed by atoms with Crippen LogP contribution >= 0.6 is 34.3 Å².